The SMILES string of the molecule is NC(=O)CN(CCn1cccn1)CC(=O)O. The second-order valence-electron chi connectivity index (χ2n) is 3.34. The molecule has 7 heteroatoms. The summed E-state index contributed by atoms with van der Waals surface area (Å²) in [5.41, 5.74) is 5.02. The van der Waals surface area contributed by atoms with Crippen LogP contribution in [0.25, 0.3) is 0 Å². The lowest BCUT2D eigenvalue weighted by Crippen LogP contribution is -2.39. The first-order chi connectivity index (χ1) is 7.58. The van der Waals surface area contributed by atoms with Crippen molar-refractivity contribution in [2.45, 2.75) is 6.54 Å². The maximum Gasteiger partial charge on any atom is 0.317 e. The molecule has 1 heterocycles. The summed E-state index contributed by atoms with van der Waals surface area (Å²) < 4.78 is 1.66. The van der Waals surface area contributed by atoms with Crippen molar-refractivity contribution in [3.05, 3.63) is 18.5 Å². The number of hydrogen-bond donors (Lipinski definition) is 2. The van der Waals surface area contributed by atoms with E-state index in [9.17, 15) is 9.59 Å². The second kappa shape index (κ2) is 5.86. The summed E-state index contributed by atoms with van der Waals surface area (Å²) in [5, 5.41) is 12.6. The Balaban J connectivity index is 2.43. The van der Waals surface area contributed by atoms with Crippen LogP contribution < -0.4 is 5.73 Å². The number of hydrogen-bond acceptors (Lipinski definition) is 4. The molecule has 0 aliphatic rings. The maximum atomic E-state index is 10.7. The average Bonchev–Trinajstić information content (AvgIpc) is 2.64. The molecule has 7 nitrogen and oxygen atoms in total. The van der Waals surface area contributed by atoms with Crippen LogP contribution in [0, 0.1) is 0 Å². The Bertz CT molecular complexity index is 334. The minimum atomic E-state index is -0.985. The molecule has 0 unspecified atom stereocenters. The molecule has 0 aliphatic carbocycles. The summed E-state index contributed by atoms with van der Waals surface area (Å²) in [6, 6.07) is 1.77. The van der Waals surface area contributed by atoms with Gasteiger partial charge in [-0.05, 0) is 6.07 Å². The van der Waals surface area contributed by atoms with Gasteiger partial charge in [-0.25, -0.2) is 0 Å². The molecule has 0 spiro atoms. The number of aliphatic carboxylic acids is 1. The van der Waals surface area contributed by atoms with E-state index < -0.39 is 11.9 Å². The summed E-state index contributed by atoms with van der Waals surface area (Å²) in [6.45, 7) is 0.669. The van der Waals surface area contributed by atoms with Gasteiger partial charge in [0.1, 0.15) is 0 Å². The van der Waals surface area contributed by atoms with Crippen LogP contribution in [0.3, 0.4) is 0 Å². The highest BCUT2D eigenvalue weighted by atomic mass is 16.4. The fourth-order valence-electron chi connectivity index (χ4n) is 1.30. The molecule has 0 atom stereocenters. The lowest BCUT2D eigenvalue weighted by Gasteiger charge is -2.17. The molecule has 0 saturated carbocycles. The highest BCUT2D eigenvalue weighted by Gasteiger charge is 2.11. The van der Waals surface area contributed by atoms with Crippen LogP contribution in [-0.4, -0.2) is 51.3 Å². The normalized spacial score (nSPS) is 10.6. The van der Waals surface area contributed by atoms with Crippen molar-refractivity contribution in [1.82, 2.24) is 14.7 Å². The topological polar surface area (TPSA) is 101 Å². The first kappa shape index (κ1) is 12.2. The monoisotopic (exact) mass is 226 g/mol. The first-order valence-corrected chi connectivity index (χ1v) is 4.78. The molecule has 1 rings (SSSR count). The van der Waals surface area contributed by atoms with Crippen molar-refractivity contribution < 1.29 is 14.7 Å². The highest BCUT2D eigenvalue weighted by molar-refractivity contribution is 5.77. The van der Waals surface area contributed by atoms with Gasteiger partial charge in [0, 0.05) is 18.9 Å². The van der Waals surface area contributed by atoms with E-state index in [1.165, 1.54) is 4.90 Å². The molecule has 0 fully saturated rings. The minimum Gasteiger partial charge on any atom is -0.480 e. The Hall–Kier alpha value is -1.89. The third kappa shape index (κ3) is 4.56. The lowest BCUT2D eigenvalue weighted by atomic mass is 10.4. The van der Waals surface area contributed by atoms with E-state index in [0.717, 1.165) is 0 Å². The number of nitrogens with two attached hydrogens (primary N) is 1. The molecule has 16 heavy (non-hydrogen) atoms. The third-order valence-corrected chi connectivity index (χ3v) is 1.94. The van der Waals surface area contributed by atoms with E-state index in [1.54, 1.807) is 23.1 Å². The van der Waals surface area contributed by atoms with Gasteiger partial charge < -0.3 is 10.8 Å². The van der Waals surface area contributed by atoms with Gasteiger partial charge in [-0.2, -0.15) is 5.10 Å². The van der Waals surface area contributed by atoms with E-state index in [4.69, 9.17) is 10.8 Å². The number of rotatable bonds is 7. The molecule has 0 aliphatic heterocycles. The average molecular weight is 226 g/mol. The summed E-state index contributed by atoms with van der Waals surface area (Å²) in [5.74, 6) is -1.52. The number of carboxylic acid groups (broad SMARTS) is 1. The van der Waals surface area contributed by atoms with Gasteiger partial charge in [0.05, 0.1) is 19.6 Å². The molecule has 1 amide bonds. The van der Waals surface area contributed by atoms with Gasteiger partial charge in [-0.1, -0.05) is 0 Å². The molecule has 1 aromatic rings. The zero-order valence-corrected chi connectivity index (χ0v) is 8.74. The zero-order valence-electron chi connectivity index (χ0n) is 8.74. The lowest BCUT2D eigenvalue weighted by molar-refractivity contribution is -0.138. The van der Waals surface area contributed by atoms with Crippen LogP contribution in [0.4, 0.5) is 0 Å². The predicted molar refractivity (Wildman–Crippen MR) is 55.5 cm³/mol. The standard InChI is InChI=1S/C9H14N4O3/c10-8(14)6-12(7-9(15)16)4-5-13-3-1-2-11-13/h1-3H,4-7H2,(H2,10,14)(H,15,16). The van der Waals surface area contributed by atoms with Crippen molar-refractivity contribution in [3.8, 4) is 0 Å². The van der Waals surface area contributed by atoms with Crippen molar-refractivity contribution in [2.24, 2.45) is 5.73 Å². The van der Waals surface area contributed by atoms with Crippen LogP contribution in [0.5, 0.6) is 0 Å². The van der Waals surface area contributed by atoms with E-state index >= 15 is 0 Å². The summed E-state index contributed by atoms with van der Waals surface area (Å²) in [6.07, 6.45) is 3.40. The summed E-state index contributed by atoms with van der Waals surface area (Å²) >= 11 is 0. The van der Waals surface area contributed by atoms with Crippen molar-refractivity contribution >= 4 is 11.9 Å². The largest absolute Gasteiger partial charge is 0.480 e. The molecule has 0 saturated heterocycles. The minimum absolute atomic E-state index is 0.0619. The van der Waals surface area contributed by atoms with E-state index in [0.29, 0.717) is 13.1 Å². The summed E-state index contributed by atoms with van der Waals surface area (Å²) in [4.78, 5) is 22.7. The molecule has 3 N–H and O–H groups in total. The smallest absolute Gasteiger partial charge is 0.317 e. The number of aromatic nitrogens is 2. The predicted octanol–water partition coefficient (Wildman–Crippen LogP) is -1.24. The Labute approximate surface area is 92.4 Å². The molecule has 0 radical (unpaired) electrons. The Kier molecular flexibility index (Phi) is 4.46. The molecule has 88 valence electrons. The maximum absolute atomic E-state index is 10.7. The van der Waals surface area contributed by atoms with Gasteiger partial charge in [-0.15, -0.1) is 0 Å². The fraction of sp³-hybridized carbons (Fsp3) is 0.444. The number of carboxylic acids is 1. The van der Waals surface area contributed by atoms with Crippen LogP contribution in [0.2, 0.25) is 0 Å². The molecular formula is C9H14N4O3. The second-order valence-corrected chi connectivity index (χ2v) is 3.34. The Morgan fingerprint density at radius 2 is 2.19 bits per heavy atom. The van der Waals surface area contributed by atoms with Crippen LogP contribution >= 0.6 is 0 Å². The van der Waals surface area contributed by atoms with Crippen molar-refractivity contribution in [3.63, 3.8) is 0 Å². The van der Waals surface area contributed by atoms with Crippen LogP contribution in [-0.2, 0) is 16.1 Å². The van der Waals surface area contributed by atoms with Gasteiger partial charge in [0.2, 0.25) is 5.91 Å². The van der Waals surface area contributed by atoms with E-state index in [-0.39, 0.29) is 13.1 Å². The number of carbonyl (C=O) groups is 2. The summed E-state index contributed by atoms with van der Waals surface area (Å²) in [7, 11) is 0. The van der Waals surface area contributed by atoms with Gasteiger partial charge in [0.15, 0.2) is 0 Å². The molecule has 0 bridgehead atoms. The third-order valence-electron chi connectivity index (χ3n) is 1.94. The Morgan fingerprint density at radius 3 is 2.69 bits per heavy atom. The fourth-order valence-corrected chi connectivity index (χ4v) is 1.30. The van der Waals surface area contributed by atoms with Gasteiger partial charge >= 0.3 is 5.97 Å². The number of primary amides is 1. The van der Waals surface area contributed by atoms with Gasteiger partial charge in [-0.3, -0.25) is 19.2 Å². The van der Waals surface area contributed by atoms with Gasteiger partial charge in [0.25, 0.3) is 0 Å². The number of carbonyl (C=O) groups excluding carboxylic acids is 1. The van der Waals surface area contributed by atoms with Crippen LogP contribution in [0.1, 0.15) is 0 Å². The number of amides is 1. The van der Waals surface area contributed by atoms with Crippen molar-refractivity contribution in [1.29, 1.82) is 0 Å². The van der Waals surface area contributed by atoms with E-state index in [2.05, 4.69) is 5.10 Å². The Morgan fingerprint density at radius 1 is 1.44 bits per heavy atom. The number of nitrogens with zero attached hydrogens (tertiary/aromatic N) is 3. The van der Waals surface area contributed by atoms with Crippen LogP contribution in [0.15, 0.2) is 18.5 Å². The molecule has 0 aromatic carbocycles. The molecule has 1 aromatic heterocycles. The first-order valence-electron chi connectivity index (χ1n) is 4.78. The zero-order chi connectivity index (χ0) is 12.0. The van der Waals surface area contributed by atoms with Crippen molar-refractivity contribution in [2.75, 3.05) is 19.6 Å². The highest BCUT2D eigenvalue weighted by Crippen LogP contribution is 1.91. The molecular weight excluding hydrogens is 212 g/mol. The quantitative estimate of drug-likeness (QED) is 0.605. The van der Waals surface area contributed by atoms with E-state index in [1.807, 2.05) is 0 Å².